The molecule has 0 unspecified atom stereocenters. The van der Waals surface area contributed by atoms with Crippen molar-refractivity contribution in [2.24, 2.45) is 0 Å². The Morgan fingerprint density at radius 3 is 2.00 bits per heavy atom. The number of aromatic nitrogens is 5. The fourth-order valence-corrected chi connectivity index (χ4v) is 7.52. The molecule has 0 aliphatic rings. The van der Waals surface area contributed by atoms with E-state index in [1.165, 1.54) is 43.9 Å². The van der Waals surface area contributed by atoms with Gasteiger partial charge < -0.3 is 9.30 Å². The summed E-state index contributed by atoms with van der Waals surface area (Å²) in [5, 5.41) is 9.51. The van der Waals surface area contributed by atoms with Crippen molar-refractivity contribution in [2.45, 2.75) is 34.6 Å². The maximum absolute atomic E-state index is 6.53. The van der Waals surface area contributed by atoms with Crippen LogP contribution in [0.4, 0.5) is 0 Å². The Bertz CT molecular complexity index is 2700. The van der Waals surface area contributed by atoms with Crippen molar-refractivity contribution < 1.29 is 4.74 Å². The van der Waals surface area contributed by atoms with Gasteiger partial charge in [-0.05, 0) is 94.3 Å². The van der Waals surface area contributed by atoms with Gasteiger partial charge in [0, 0.05) is 51.6 Å². The molecule has 0 bridgehead atoms. The van der Waals surface area contributed by atoms with Gasteiger partial charge in [-0.1, -0.05) is 54.1 Å². The Morgan fingerprint density at radius 1 is 0.531 bits per heavy atom. The maximum Gasteiger partial charge on any atom is 0.139 e. The van der Waals surface area contributed by atoms with Gasteiger partial charge in [-0.2, -0.15) is 5.10 Å². The highest BCUT2D eigenvalue weighted by atomic mass is 16.5. The minimum Gasteiger partial charge on any atom is -0.457 e. The molecule has 0 spiro atoms. The summed E-state index contributed by atoms with van der Waals surface area (Å²) in [6, 6.07) is 40.6. The van der Waals surface area contributed by atoms with Gasteiger partial charge >= 0.3 is 0 Å². The summed E-state index contributed by atoms with van der Waals surface area (Å²) in [6.45, 7) is 10.6. The second kappa shape index (κ2) is 11.0. The van der Waals surface area contributed by atoms with E-state index in [9.17, 15) is 0 Å². The zero-order valence-electron chi connectivity index (χ0n) is 28.2. The van der Waals surface area contributed by atoms with Gasteiger partial charge in [0.2, 0.25) is 0 Å². The van der Waals surface area contributed by atoms with E-state index in [0.29, 0.717) is 0 Å². The van der Waals surface area contributed by atoms with Gasteiger partial charge in [-0.3, -0.25) is 4.57 Å². The number of pyridine rings is 1. The molecule has 0 amide bonds. The number of aryl methyl sites for hydroxylation is 5. The zero-order valence-corrected chi connectivity index (χ0v) is 28.2. The van der Waals surface area contributed by atoms with Crippen molar-refractivity contribution in [3.05, 3.63) is 150 Å². The van der Waals surface area contributed by atoms with Crippen molar-refractivity contribution in [3.63, 3.8) is 0 Å². The molecule has 9 rings (SSSR count). The minimum absolute atomic E-state index is 0.750. The molecule has 0 atom stereocenters. The number of nitrogens with zero attached hydrogens (tertiary/aromatic N) is 5. The Hall–Kier alpha value is -6.14. The van der Waals surface area contributed by atoms with Crippen LogP contribution in [0.1, 0.15) is 28.1 Å². The van der Waals surface area contributed by atoms with E-state index in [4.69, 9.17) is 9.72 Å². The second-order valence-electron chi connectivity index (χ2n) is 13.1. The molecular formula is C43H35N5O. The highest BCUT2D eigenvalue weighted by molar-refractivity contribution is 6.12. The third kappa shape index (κ3) is 4.63. The molecule has 4 aromatic heterocycles. The minimum atomic E-state index is 0.750. The van der Waals surface area contributed by atoms with Gasteiger partial charge in [-0.15, -0.1) is 0 Å². The van der Waals surface area contributed by atoms with Crippen LogP contribution in [0, 0.1) is 34.6 Å². The lowest BCUT2D eigenvalue weighted by molar-refractivity contribution is 0.482. The number of para-hydroxylation sites is 2. The topological polar surface area (TPSA) is 49.8 Å². The van der Waals surface area contributed by atoms with Crippen LogP contribution in [0.2, 0.25) is 0 Å². The fraction of sp³-hybridized carbons (Fsp3) is 0.116. The number of benzene rings is 5. The van der Waals surface area contributed by atoms with Crippen LogP contribution in [-0.4, -0.2) is 23.9 Å². The van der Waals surface area contributed by atoms with Crippen LogP contribution in [0.5, 0.6) is 11.5 Å². The monoisotopic (exact) mass is 637 g/mol. The van der Waals surface area contributed by atoms with E-state index in [1.54, 1.807) is 0 Å². The highest BCUT2D eigenvalue weighted by Gasteiger charge is 2.19. The quantitative estimate of drug-likeness (QED) is 0.189. The number of hydrogen-bond donors (Lipinski definition) is 0. The third-order valence-electron chi connectivity index (χ3n) is 9.63. The van der Waals surface area contributed by atoms with Crippen molar-refractivity contribution >= 4 is 43.6 Å². The normalized spacial score (nSPS) is 11.8. The molecule has 49 heavy (non-hydrogen) atoms. The first-order valence-corrected chi connectivity index (χ1v) is 16.7. The molecule has 9 aromatic rings. The Labute approximate surface area is 284 Å². The number of ether oxygens (including phenoxy) is 1. The van der Waals surface area contributed by atoms with Gasteiger partial charge in [0.05, 0.1) is 39.1 Å². The van der Waals surface area contributed by atoms with Crippen molar-refractivity contribution in [2.75, 3.05) is 0 Å². The lowest BCUT2D eigenvalue weighted by atomic mass is 10.1. The molecular weight excluding hydrogens is 603 g/mol. The summed E-state index contributed by atoms with van der Waals surface area (Å²) < 4.78 is 13.2. The summed E-state index contributed by atoms with van der Waals surface area (Å²) in [5.74, 6) is 2.35. The molecule has 0 aliphatic heterocycles. The van der Waals surface area contributed by atoms with E-state index < -0.39 is 0 Å². The Balaban J connectivity index is 1.22. The molecule has 0 saturated carbocycles. The van der Waals surface area contributed by atoms with Gasteiger partial charge in [0.25, 0.3) is 0 Å². The Morgan fingerprint density at radius 2 is 1.27 bits per heavy atom. The average Bonchev–Trinajstić information content (AvgIpc) is 3.74. The van der Waals surface area contributed by atoms with Gasteiger partial charge in [-0.25, -0.2) is 9.67 Å². The third-order valence-corrected chi connectivity index (χ3v) is 9.63. The number of fused-ring (bicyclic) bond motifs is 6. The highest BCUT2D eigenvalue weighted by Crippen LogP contribution is 2.38. The van der Waals surface area contributed by atoms with E-state index in [0.717, 1.165) is 56.5 Å². The van der Waals surface area contributed by atoms with Gasteiger partial charge in [0.15, 0.2) is 0 Å². The maximum atomic E-state index is 6.53. The SMILES string of the molecule is Cc1ccc2c(c1)c1ccc(Oc3cccc(-n4nc(C)cc4C)c3)cc1n2-c1cc(-n2c3c(C)cccc3c3cccc(C)c32)ccn1. The summed E-state index contributed by atoms with van der Waals surface area (Å²) in [5.41, 5.74) is 12.4. The summed E-state index contributed by atoms with van der Waals surface area (Å²) in [6.07, 6.45) is 1.93. The number of rotatable bonds is 5. The molecule has 6 heteroatoms. The fourth-order valence-electron chi connectivity index (χ4n) is 7.52. The second-order valence-corrected chi connectivity index (χ2v) is 13.1. The van der Waals surface area contributed by atoms with Crippen LogP contribution >= 0.6 is 0 Å². The van der Waals surface area contributed by atoms with E-state index in [2.05, 4.69) is 139 Å². The molecule has 238 valence electrons. The van der Waals surface area contributed by atoms with E-state index in [-0.39, 0.29) is 0 Å². The van der Waals surface area contributed by atoms with Crippen LogP contribution in [0.15, 0.2) is 121 Å². The predicted octanol–water partition coefficient (Wildman–Crippen LogP) is 10.8. The predicted molar refractivity (Wildman–Crippen MR) is 200 cm³/mol. The lowest BCUT2D eigenvalue weighted by Crippen LogP contribution is -2.02. The first-order valence-electron chi connectivity index (χ1n) is 16.7. The molecule has 4 heterocycles. The van der Waals surface area contributed by atoms with Crippen molar-refractivity contribution in [1.82, 2.24) is 23.9 Å². The van der Waals surface area contributed by atoms with E-state index in [1.807, 2.05) is 36.0 Å². The van der Waals surface area contributed by atoms with Crippen LogP contribution in [0.3, 0.4) is 0 Å². The summed E-state index contributed by atoms with van der Waals surface area (Å²) in [7, 11) is 0. The molecule has 6 nitrogen and oxygen atoms in total. The lowest BCUT2D eigenvalue weighted by Gasteiger charge is -2.14. The smallest absolute Gasteiger partial charge is 0.139 e. The Kier molecular flexibility index (Phi) is 6.49. The summed E-state index contributed by atoms with van der Waals surface area (Å²) >= 11 is 0. The van der Waals surface area contributed by atoms with Crippen LogP contribution in [0.25, 0.3) is 60.8 Å². The standard InChI is InChI=1S/C43H35N5O/c1-26-15-18-39-38(21-26)35-17-16-34(49-33-12-8-11-32(23-33)48-30(5)22-29(4)45-48)25-40(35)47(39)41-24-31(19-20-44-41)46-42-27(2)9-6-13-36(42)37-14-7-10-28(3)43(37)46/h6-25H,1-5H3. The molecule has 0 saturated heterocycles. The average molecular weight is 638 g/mol. The van der Waals surface area contributed by atoms with Crippen molar-refractivity contribution in [1.29, 1.82) is 0 Å². The molecule has 0 aliphatic carbocycles. The molecule has 0 radical (unpaired) electrons. The largest absolute Gasteiger partial charge is 0.457 e. The van der Waals surface area contributed by atoms with Crippen LogP contribution < -0.4 is 4.74 Å². The first-order chi connectivity index (χ1) is 23.8. The van der Waals surface area contributed by atoms with E-state index >= 15 is 0 Å². The molecule has 0 N–H and O–H groups in total. The zero-order chi connectivity index (χ0) is 33.4. The summed E-state index contributed by atoms with van der Waals surface area (Å²) in [4.78, 5) is 4.99. The van der Waals surface area contributed by atoms with Gasteiger partial charge in [0.1, 0.15) is 17.3 Å². The van der Waals surface area contributed by atoms with Crippen molar-refractivity contribution in [3.8, 4) is 28.7 Å². The van der Waals surface area contributed by atoms with Crippen LogP contribution in [-0.2, 0) is 0 Å². The first kappa shape index (κ1) is 29.0. The molecule has 5 aromatic carbocycles. The molecule has 0 fully saturated rings. The number of hydrogen-bond acceptors (Lipinski definition) is 3.